The van der Waals surface area contributed by atoms with Gasteiger partial charge in [-0.25, -0.2) is 0 Å². The number of amides is 1. The van der Waals surface area contributed by atoms with E-state index >= 15 is 0 Å². The Balaban J connectivity index is 1.83. The molecule has 0 spiro atoms. The van der Waals surface area contributed by atoms with Crippen molar-refractivity contribution in [3.63, 3.8) is 0 Å². The molecule has 19 heavy (non-hydrogen) atoms. The summed E-state index contributed by atoms with van der Waals surface area (Å²) in [6.45, 7) is 5.63. The zero-order valence-corrected chi connectivity index (χ0v) is 12.3. The van der Waals surface area contributed by atoms with Gasteiger partial charge < -0.3 is 14.8 Å². The third kappa shape index (κ3) is 3.55. The molecule has 0 unspecified atom stereocenters. The number of nitrogens with one attached hydrogen (secondary N) is 1. The molecule has 1 aromatic heterocycles. The van der Waals surface area contributed by atoms with Crippen LogP contribution in [0.5, 0.6) is 0 Å². The Labute approximate surface area is 118 Å². The van der Waals surface area contributed by atoms with E-state index in [9.17, 15) is 4.79 Å². The summed E-state index contributed by atoms with van der Waals surface area (Å²) >= 11 is 1.71. The molecular formula is C14H21NO3S. The van der Waals surface area contributed by atoms with Gasteiger partial charge in [0.2, 0.25) is 5.91 Å². The highest BCUT2D eigenvalue weighted by molar-refractivity contribution is 7.09. The molecule has 0 aromatic carbocycles. The molecule has 2 rings (SSSR count). The maximum Gasteiger partial charge on any atom is 0.228 e. The topological polar surface area (TPSA) is 47.6 Å². The number of hydrogen-bond donors (Lipinski definition) is 1. The van der Waals surface area contributed by atoms with Crippen LogP contribution in [0.4, 0.5) is 0 Å². The van der Waals surface area contributed by atoms with Gasteiger partial charge in [0.05, 0.1) is 19.1 Å². The second-order valence-electron chi connectivity index (χ2n) is 4.79. The van der Waals surface area contributed by atoms with Crippen LogP contribution in [0.25, 0.3) is 0 Å². The predicted octanol–water partition coefficient (Wildman–Crippen LogP) is 2.20. The first kappa shape index (κ1) is 14.5. The van der Waals surface area contributed by atoms with Crippen molar-refractivity contribution < 1.29 is 14.3 Å². The van der Waals surface area contributed by atoms with E-state index in [-0.39, 0.29) is 11.8 Å². The summed E-state index contributed by atoms with van der Waals surface area (Å²) in [5.74, 6) is -0.997. The van der Waals surface area contributed by atoms with E-state index in [0.29, 0.717) is 26.2 Å². The molecule has 5 heteroatoms. The van der Waals surface area contributed by atoms with E-state index in [0.717, 1.165) is 6.42 Å². The fraction of sp³-hybridized carbons (Fsp3) is 0.643. The minimum absolute atomic E-state index is 0.0171. The molecule has 1 aliphatic rings. The lowest BCUT2D eigenvalue weighted by molar-refractivity contribution is -0.187. The van der Waals surface area contributed by atoms with Crippen molar-refractivity contribution in [3.05, 3.63) is 22.4 Å². The molecule has 2 heterocycles. The number of hydrogen-bond acceptors (Lipinski definition) is 4. The second-order valence-corrected chi connectivity index (χ2v) is 5.83. The lowest BCUT2D eigenvalue weighted by Gasteiger charge is -2.30. The first-order chi connectivity index (χ1) is 9.15. The Morgan fingerprint density at radius 2 is 2.26 bits per heavy atom. The third-order valence-electron chi connectivity index (χ3n) is 3.47. The first-order valence-corrected chi connectivity index (χ1v) is 7.61. The van der Waals surface area contributed by atoms with Crippen molar-refractivity contribution >= 4 is 17.2 Å². The van der Waals surface area contributed by atoms with Gasteiger partial charge in [0.15, 0.2) is 5.79 Å². The highest BCUT2D eigenvalue weighted by atomic mass is 32.1. The first-order valence-electron chi connectivity index (χ1n) is 6.73. The third-order valence-corrected chi connectivity index (χ3v) is 4.41. The van der Waals surface area contributed by atoms with Gasteiger partial charge >= 0.3 is 0 Å². The molecule has 4 nitrogen and oxygen atoms in total. The van der Waals surface area contributed by atoms with Crippen molar-refractivity contribution in [3.8, 4) is 0 Å². The minimum Gasteiger partial charge on any atom is -0.355 e. The lowest BCUT2D eigenvalue weighted by atomic mass is 9.96. The summed E-state index contributed by atoms with van der Waals surface area (Å²) in [5.41, 5.74) is 0. The van der Waals surface area contributed by atoms with Crippen LogP contribution in [0.3, 0.4) is 0 Å². The smallest absolute Gasteiger partial charge is 0.228 e. The van der Waals surface area contributed by atoms with Crippen molar-refractivity contribution in [2.45, 2.75) is 32.5 Å². The summed E-state index contributed by atoms with van der Waals surface area (Å²) in [7, 11) is 0. The van der Waals surface area contributed by atoms with Crippen molar-refractivity contribution in [2.24, 2.45) is 5.92 Å². The van der Waals surface area contributed by atoms with Gasteiger partial charge in [-0.3, -0.25) is 4.79 Å². The van der Waals surface area contributed by atoms with Crippen LogP contribution < -0.4 is 5.32 Å². The average molecular weight is 283 g/mol. The SMILES string of the molecule is CC[C@H](C(=O)NCCc1cccs1)C1(C)OCCO1. The summed E-state index contributed by atoms with van der Waals surface area (Å²) in [5, 5.41) is 5.03. The van der Waals surface area contributed by atoms with Gasteiger partial charge in [-0.2, -0.15) is 0 Å². The molecule has 106 valence electrons. The Bertz CT molecular complexity index is 399. The molecule has 1 fully saturated rings. The van der Waals surface area contributed by atoms with E-state index in [2.05, 4.69) is 11.4 Å². The van der Waals surface area contributed by atoms with Crippen molar-refractivity contribution in [1.82, 2.24) is 5.32 Å². The Hall–Kier alpha value is -0.910. The highest BCUT2D eigenvalue weighted by Crippen LogP contribution is 2.30. The zero-order chi connectivity index (χ0) is 13.7. The van der Waals surface area contributed by atoms with Gasteiger partial charge in [-0.05, 0) is 31.2 Å². The fourth-order valence-electron chi connectivity index (χ4n) is 2.41. The molecule has 1 N–H and O–H groups in total. The van der Waals surface area contributed by atoms with Gasteiger partial charge in [-0.15, -0.1) is 11.3 Å². The summed E-state index contributed by atoms with van der Waals surface area (Å²) in [6.07, 6.45) is 1.58. The van der Waals surface area contributed by atoms with E-state index in [4.69, 9.17) is 9.47 Å². The number of ether oxygens (including phenoxy) is 2. The van der Waals surface area contributed by atoms with E-state index in [1.165, 1.54) is 4.88 Å². The quantitative estimate of drug-likeness (QED) is 0.870. The Morgan fingerprint density at radius 1 is 1.53 bits per heavy atom. The molecule has 1 amide bonds. The predicted molar refractivity (Wildman–Crippen MR) is 75.1 cm³/mol. The van der Waals surface area contributed by atoms with Crippen LogP contribution >= 0.6 is 11.3 Å². The minimum atomic E-state index is -0.762. The second kappa shape index (κ2) is 6.50. The molecule has 1 saturated heterocycles. The summed E-state index contributed by atoms with van der Waals surface area (Å²) in [4.78, 5) is 13.5. The number of thiophene rings is 1. The summed E-state index contributed by atoms with van der Waals surface area (Å²) in [6, 6.07) is 4.11. The molecule has 0 radical (unpaired) electrons. The maximum absolute atomic E-state index is 12.2. The molecule has 1 aromatic rings. The van der Waals surface area contributed by atoms with E-state index < -0.39 is 5.79 Å². The lowest BCUT2D eigenvalue weighted by Crippen LogP contribution is -2.46. The number of rotatable bonds is 6. The molecule has 0 saturated carbocycles. The van der Waals surface area contributed by atoms with Crippen LogP contribution in [0, 0.1) is 5.92 Å². The molecule has 0 bridgehead atoms. The fourth-order valence-corrected chi connectivity index (χ4v) is 3.12. The monoisotopic (exact) mass is 283 g/mol. The molecule has 1 aliphatic heterocycles. The standard InChI is InChI=1S/C14H21NO3S/c1-3-12(14(2)17-8-9-18-14)13(16)15-7-6-11-5-4-10-19-11/h4-5,10,12H,3,6-9H2,1-2H3,(H,15,16)/t12-/m1/s1. The van der Waals surface area contributed by atoms with Crippen LogP contribution in [-0.4, -0.2) is 31.5 Å². The number of carbonyl (C=O) groups is 1. The van der Waals surface area contributed by atoms with Crippen LogP contribution in [-0.2, 0) is 20.7 Å². The molecule has 1 atom stereocenters. The largest absolute Gasteiger partial charge is 0.355 e. The van der Waals surface area contributed by atoms with Gasteiger partial charge in [0.25, 0.3) is 0 Å². The maximum atomic E-state index is 12.2. The average Bonchev–Trinajstić information content (AvgIpc) is 3.02. The molecular weight excluding hydrogens is 262 g/mol. The Morgan fingerprint density at radius 3 is 2.84 bits per heavy atom. The van der Waals surface area contributed by atoms with Crippen molar-refractivity contribution in [1.29, 1.82) is 0 Å². The van der Waals surface area contributed by atoms with Crippen molar-refractivity contribution in [2.75, 3.05) is 19.8 Å². The number of carbonyl (C=O) groups excluding carboxylic acids is 1. The van der Waals surface area contributed by atoms with Crippen LogP contribution in [0.15, 0.2) is 17.5 Å². The van der Waals surface area contributed by atoms with Crippen LogP contribution in [0.1, 0.15) is 25.1 Å². The Kier molecular flexibility index (Phi) is 4.96. The highest BCUT2D eigenvalue weighted by Gasteiger charge is 2.42. The normalized spacial score (nSPS) is 19.3. The van der Waals surface area contributed by atoms with Crippen LogP contribution in [0.2, 0.25) is 0 Å². The van der Waals surface area contributed by atoms with Gasteiger partial charge in [-0.1, -0.05) is 13.0 Å². The molecule has 0 aliphatic carbocycles. The van der Waals surface area contributed by atoms with Gasteiger partial charge in [0.1, 0.15) is 0 Å². The summed E-state index contributed by atoms with van der Waals surface area (Å²) < 4.78 is 11.2. The van der Waals surface area contributed by atoms with E-state index in [1.807, 2.05) is 25.3 Å². The van der Waals surface area contributed by atoms with E-state index in [1.54, 1.807) is 11.3 Å². The van der Waals surface area contributed by atoms with Gasteiger partial charge in [0, 0.05) is 11.4 Å². The zero-order valence-electron chi connectivity index (χ0n) is 11.5.